The standard InChI is InChI=1S/H2O.6O.Sr.2Ta/h1H2;;;;;;;;;/q;;;;;2*-1;+2;;. The molecule has 0 aliphatic rings. The molecule has 0 bridgehead atoms. The molecule has 0 aromatic carbocycles. The van der Waals surface area contributed by atoms with E-state index in [2.05, 4.69) is 0 Å². The second-order valence-electron chi connectivity index (χ2n) is 0.447. The van der Waals surface area contributed by atoms with Crippen LogP contribution in [0.3, 0.4) is 0 Å². The maximum Gasteiger partial charge on any atom is 2.00 e. The zero-order valence-electron chi connectivity index (χ0n) is 4.55. The molecule has 0 heterocycles. The third-order valence-corrected chi connectivity index (χ3v) is 0. The first kappa shape index (κ1) is 22.7. The fourth-order valence-corrected chi connectivity index (χ4v) is 0. The van der Waals surface area contributed by atoms with E-state index in [1.54, 1.807) is 0 Å². The van der Waals surface area contributed by atoms with Gasteiger partial charge in [-0.25, -0.2) is 0 Å². The van der Waals surface area contributed by atoms with Crippen molar-refractivity contribution in [2.45, 2.75) is 0 Å². The van der Waals surface area contributed by atoms with Crippen molar-refractivity contribution in [1.29, 1.82) is 0 Å². The van der Waals surface area contributed by atoms with Crippen molar-refractivity contribution in [3.63, 3.8) is 0 Å². The Kier molecular flexibility index (Phi) is 39.1. The van der Waals surface area contributed by atoms with Gasteiger partial charge in [-0.2, -0.15) is 0 Å². The molecule has 10 heteroatoms. The third-order valence-electron chi connectivity index (χ3n) is 0. The normalized spacial score (nSPS) is 5.00. The number of hydrogen-bond donors (Lipinski definition) is 0. The van der Waals surface area contributed by atoms with Gasteiger partial charge in [0.05, 0.1) is 0 Å². The molecule has 0 saturated heterocycles. The van der Waals surface area contributed by atoms with Crippen molar-refractivity contribution in [3.05, 3.63) is 0 Å². The molecule has 0 aliphatic carbocycles. The predicted octanol–water partition coefficient (Wildman–Crippen LogP) is -4.06. The quantitative estimate of drug-likeness (QED) is 0.274. The van der Waals surface area contributed by atoms with Crippen LogP contribution < -0.4 is 7.23 Å². The minimum absolute atomic E-state index is 0. The van der Waals surface area contributed by atoms with E-state index < -0.39 is 37.6 Å². The van der Waals surface area contributed by atoms with E-state index in [0.29, 0.717) is 0 Å². The minimum atomic E-state index is -4.34. The molecule has 10 heavy (non-hydrogen) atoms. The summed E-state index contributed by atoms with van der Waals surface area (Å²) in [4.78, 5) is 0. The molecule has 0 radical (unpaired) electrons. The van der Waals surface area contributed by atoms with Crippen LogP contribution in [0, 0.1) is 0 Å². The first-order valence-corrected chi connectivity index (χ1v) is 8.97. The maximum absolute atomic E-state index is 8.62. The van der Waals surface area contributed by atoms with Gasteiger partial charge in [0.15, 0.2) is 0 Å². The summed E-state index contributed by atoms with van der Waals surface area (Å²) in [7, 11) is 0. The Morgan fingerprint density at radius 3 is 0.800 bits per heavy atom. The molecule has 0 atom stereocenters. The topological polar surface area (TPSA) is 146 Å². The van der Waals surface area contributed by atoms with Gasteiger partial charge in [-0.3, -0.25) is 0 Å². The summed E-state index contributed by atoms with van der Waals surface area (Å²) in [5.74, 6) is 0. The zero-order chi connectivity index (χ0) is 7.15. The summed E-state index contributed by atoms with van der Waals surface area (Å²) in [6, 6.07) is 0. The van der Waals surface area contributed by atoms with Gasteiger partial charge in [-0.1, -0.05) is 0 Å². The summed E-state index contributed by atoms with van der Waals surface area (Å²) < 4.78 is 51.7. The first-order valence-electron chi connectivity index (χ1n) is 1.10. The van der Waals surface area contributed by atoms with Crippen molar-refractivity contribution in [1.82, 2.24) is 0 Å². The van der Waals surface area contributed by atoms with E-state index in [1.165, 1.54) is 0 Å². The summed E-state index contributed by atoms with van der Waals surface area (Å²) in [5.41, 5.74) is 0. The average Bonchev–Trinajstić information content (AvgIpc) is 1.25. The van der Waals surface area contributed by atoms with E-state index in [0.717, 1.165) is 0 Å². The van der Waals surface area contributed by atoms with Gasteiger partial charge in [-0.05, 0) is 0 Å². The van der Waals surface area contributed by atoms with Crippen LogP contribution in [0.25, 0.3) is 0 Å². The zero-order valence-corrected chi connectivity index (χ0v) is 14.5. The SMILES string of the molecule is O.[O]=[Ta](=[O])[O-].[O]=[Ta](=[O])[O-].[Sr+2]. The van der Waals surface area contributed by atoms with Crippen molar-refractivity contribution >= 4 is 45.5 Å². The molecule has 0 amide bonds. The van der Waals surface area contributed by atoms with Gasteiger partial charge in [0.1, 0.15) is 0 Å². The Balaban J connectivity index is -0.0000000300. The van der Waals surface area contributed by atoms with Crippen molar-refractivity contribution in [2.75, 3.05) is 0 Å². The van der Waals surface area contributed by atoms with Crippen molar-refractivity contribution < 1.29 is 63.3 Å². The van der Waals surface area contributed by atoms with Crippen LogP contribution in [-0.2, 0) is 50.6 Å². The number of hydrogen-bond acceptors (Lipinski definition) is 6. The van der Waals surface area contributed by atoms with E-state index >= 15 is 0 Å². The largest absolute Gasteiger partial charge is 2.00 e. The van der Waals surface area contributed by atoms with Crippen molar-refractivity contribution in [2.24, 2.45) is 0 Å². The van der Waals surface area contributed by atoms with E-state index in [9.17, 15) is 0 Å². The Morgan fingerprint density at radius 2 is 0.800 bits per heavy atom. The number of rotatable bonds is 0. The molecule has 0 aromatic heterocycles. The first-order chi connectivity index (χ1) is 3.46. The van der Waals surface area contributed by atoms with Crippen LogP contribution >= 0.6 is 0 Å². The molecule has 0 aromatic rings. The fraction of sp³-hybridized carbons (Fsp3) is 0. The van der Waals surface area contributed by atoms with E-state index in [1.807, 2.05) is 0 Å². The van der Waals surface area contributed by atoms with Crippen molar-refractivity contribution in [3.8, 4) is 0 Å². The third kappa shape index (κ3) is 197. The van der Waals surface area contributed by atoms with Crippen LogP contribution in [0.4, 0.5) is 0 Å². The molecule has 0 aliphatic heterocycles. The predicted molar refractivity (Wildman–Crippen MR) is 12.1 cm³/mol. The van der Waals surface area contributed by atoms with Crippen LogP contribution in [-0.4, -0.2) is 51.0 Å². The van der Waals surface area contributed by atoms with Crippen LogP contribution in [0.2, 0.25) is 0 Å². The Morgan fingerprint density at radius 1 is 0.800 bits per heavy atom. The van der Waals surface area contributed by atoms with Gasteiger partial charge in [0, 0.05) is 0 Å². The molecule has 0 rings (SSSR count). The van der Waals surface area contributed by atoms with Crippen LogP contribution in [0.1, 0.15) is 0 Å². The second-order valence-corrected chi connectivity index (χ2v) is 3.66. The molecule has 0 spiro atoms. The van der Waals surface area contributed by atoms with Gasteiger partial charge in [-0.15, -0.1) is 0 Å². The molecule has 7 nitrogen and oxygen atoms in total. The molecular weight excluding hydrogens is 562 g/mol. The summed E-state index contributed by atoms with van der Waals surface area (Å²) in [6.07, 6.45) is 0. The Hall–Kier alpha value is 2.04. The van der Waals surface area contributed by atoms with Gasteiger partial charge in [0.25, 0.3) is 0 Å². The molecule has 0 saturated carbocycles. The Bertz CT molecular complexity index is 128. The monoisotopic (exact) mass is 564 g/mol. The van der Waals surface area contributed by atoms with Gasteiger partial charge in [0.2, 0.25) is 0 Å². The Labute approximate surface area is 107 Å². The van der Waals surface area contributed by atoms with Gasteiger partial charge >= 0.3 is 103 Å². The molecule has 0 unspecified atom stereocenters. The molecule has 0 fully saturated rings. The van der Waals surface area contributed by atoms with E-state index in [-0.39, 0.29) is 51.0 Å². The molecule has 56 valence electrons. The average molecular weight is 564 g/mol. The second kappa shape index (κ2) is 17.2. The molecular formula is H2O7SrTa2. The summed E-state index contributed by atoms with van der Waals surface area (Å²) in [6.45, 7) is 0. The van der Waals surface area contributed by atoms with E-state index in [4.69, 9.17) is 20.2 Å². The maximum atomic E-state index is 8.62. The summed E-state index contributed by atoms with van der Waals surface area (Å²) in [5, 5.41) is 0. The van der Waals surface area contributed by atoms with Gasteiger partial charge < -0.3 is 5.48 Å². The fourth-order valence-electron chi connectivity index (χ4n) is 0. The summed E-state index contributed by atoms with van der Waals surface area (Å²) >= 11 is -8.69. The smallest absolute Gasteiger partial charge is 2.00 e. The minimum Gasteiger partial charge on any atom is 2.00 e. The van der Waals surface area contributed by atoms with Crippen LogP contribution in [0.15, 0.2) is 0 Å². The molecule has 2 N–H and O–H groups in total. The van der Waals surface area contributed by atoms with Crippen LogP contribution in [0.5, 0.6) is 0 Å².